The summed E-state index contributed by atoms with van der Waals surface area (Å²) in [5.74, 6) is 1.91. The van der Waals surface area contributed by atoms with Crippen LogP contribution in [0.4, 0.5) is 0 Å². The molecule has 2 heterocycles. The molecular weight excluding hydrogens is 232 g/mol. The number of hydrogen-bond donors (Lipinski definition) is 0. The van der Waals surface area contributed by atoms with Gasteiger partial charge in [-0.05, 0) is 31.5 Å². The normalized spacial score (nSPS) is 34.6. The number of rotatable bonds is 1. The van der Waals surface area contributed by atoms with Crippen LogP contribution in [0, 0.1) is 5.92 Å². The predicted octanol–water partition coefficient (Wildman–Crippen LogP) is 2.87. The van der Waals surface area contributed by atoms with Crippen LogP contribution in [0.1, 0.15) is 32.4 Å². The summed E-state index contributed by atoms with van der Waals surface area (Å²) < 4.78 is 22.3. The van der Waals surface area contributed by atoms with E-state index in [9.17, 15) is 0 Å². The lowest BCUT2D eigenvalue weighted by Crippen LogP contribution is -2.37. The SMILES string of the molecule is CC1OC(C)C(C)C(c2ccc3c(c2)OCO3)O1. The van der Waals surface area contributed by atoms with E-state index in [-0.39, 0.29) is 18.5 Å². The van der Waals surface area contributed by atoms with Gasteiger partial charge in [-0.1, -0.05) is 13.0 Å². The zero-order valence-electron chi connectivity index (χ0n) is 10.9. The maximum atomic E-state index is 5.90. The van der Waals surface area contributed by atoms with Gasteiger partial charge in [-0.25, -0.2) is 0 Å². The predicted molar refractivity (Wildman–Crippen MR) is 65.6 cm³/mol. The molecule has 0 bridgehead atoms. The van der Waals surface area contributed by atoms with Gasteiger partial charge in [-0.2, -0.15) is 0 Å². The van der Waals surface area contributed by atoms with Crippen LogP contribution in [0.15, 0.2) is 18.2 Å². The van der Waals surface area contributed by atoms with E-state index < -0.39 is 0 Å². The summed E-state index contributed by atoms with van der Waals surface area (Å²) in [4.78, 5) is 0. The molecule has 0 aliphatic carbocycles. The van der Waals surface area contributed by atoms with Crippen LogP contribution in [0.25, 0.3) is 0 Å². The topological polar surface area (TPSA) is 36.9 Å². The molecule has 18 heavy (non-hydrogen) atoms. The molecule has 2 aliphatic heterocycles. The van der Waals surface area contributed by atoms with Crippen molar-refractivity contribution in [2.75, 3.05) is 6.79 Å². The molecule has 1 aromatic carbocycles. The van der Waals surface area contributed by atoms with E-state index >= 15 is 0 Å². The third-order valence-corrected chi connectivity index (χ3v) is 3.69. The van der Waals surface area contributed by atoms with Crippen LogP contribution in [-0.4, -0.2) is 19.2 Å². The summed E-state index contributed by atoms with van der Waals surface area (Å²) in [6.45, 7) is 6.47. The Morgan fingerprint density at radius 1 is 1.00 bits per heavy atom. The molecule has 4 unspecified atom stereocenters. The zero-order valence-corrected chi connectivity index (χ0v) is 10.9. The molecule has 1 aromatic rings. The van der Waals surface area contributed by atoms with E-state index in [0.29, 0.717) is 12.7 Å². The van der Waals surface area contributed by atoms with E-state index in [1.165, 1.54) is 0 Å². The van der Waals surface area contributed by atoms with Crippen LogP contribution >= 0.6 is 0 Å². The summed E-state index contributed by atoms with van der Waals surface area (Å²) in [5.41, 5.74) is 1.12. The van der Waals surface area contributed by atoms with Gasteiger partial charge < -0.3 is 18.9 Å². The van der Waals surface area contributed by atoms with E-state index in [4.69, 9.17) is 18.9 Å². The highest BCUT2D eigenvalue weighted by atomic mass is 16.7. The summed E-state index contributed by atoms with van der Waals surface area (Å²) in [7, 11) is 0. The van der Waals surface area contributed by atoms with Crippen LogP contribution in [0.2, 0.25) is 0 Å². The van der Waals surface area contributed by atoms with Gasteiger partial charge in [-0.15, -0.1) is 0 Å². The largest absolute Gasteiger partial charge is 0.454 e. The van der Waals surface area contributed by atoms with Gasteiger partial charge in [0.1, 0.15) is 0 Å². The Bertz CT molecular complexity index is 445. The Morgan fingerprint density at radius 2 is 1.78 bits per heavy atom. The fraction of sp³-hybridized carbons (Fsp3) is 0.571. The van der Waals surface area contributed by atoms with Crippen LogP contribution in [0.5, 0.6) is 11.5 Å². The minimum atomic E-state index is -0.174. The third-order valence-electron chi connectivity index (χ3n) is 3.69. The van der Waals surface area contributed by atoms with E-state index in [2.05, 4.69) is 13.8 Å². The summed E-state index contributed by atoms with van der Waals surface area (Å²) in [6, 6.07) is 5.99. The minimum Gasteiger partial charge on any atom is -0.454 e. The number of benzene rings is 1. The van der Waals surface area contributed by atoms with Gasteiger partial charge in [0.05, 0.1) is 12.2 Å². The monoisotopic (exact) mass is 250 g/mol. The second-order valence-corrected chi connectivity index (χ2v) is 4.94. The molecular formula is C14H18O4. The first-order chi connectivity index (χ1) is 8.65. The van der Waals surface area contributed by atoms with Gasteiger partial charge in [-0.3, -0.25) is 0 Å². The van der Waals surface area contributed by atoms with Crippen molar-refractivity contribution in [3.8, 4) is 11.5 Å². The number of hydrogen-bond acceptors (Lipinski definition) is 4. The van der Waals surface area contributed by atoms with E-state index in [1.807, 2.05) is 25.1 Å². The lowest BCUT2D eigenvalue weighted by molar-refractivity contribution is -0.256. The molecule has 2 aliphatic rings. The first kappa shape index (κ1) is 11.8. The molecule has 4 atom stereocenters. The molecule has 4 nitrogen and oxygen atoms in total. The van der Waals surface area contributed by atoms with Crippen LogP contribution in [0.3, 0.4) is 0 Å². The Morgan fingerprint density at radius 3 is 2.61 bits per heavy atom. The van der Waals surface area contributed by atoms with Crippen molar-refractivity contribution in [1.29, 1.82) is 0 Å². The fourth-order valence-corrected chi connectivity index (χ4v) is 2.51. The highest BCUT2D eigenvalue weighted by Crippen LogP contribution is 2.40. The van der Waals surface area contributed by atoms with Crippen molar-refractivity contribution in [2.45, 2.75) is 39.3 Å². The maximum Gasteiger partial charge on any atom is 0.231 e. The molecule has 1 fully saturated rings. The molecule has 1 saturated heterocycles. The first-order valence-corrected chi connectivity index (χ1v) is 6.35. The van der Waals surface area contributed by atoms with Crippen LogP contribution < -0.4 is 9.47 Å². The van der Waals surface area contributed by atoms with Gasteiger partial charge in [0, 0.05) is 5.92 Å². The summed E-state index contributed by atoms with van der Waals surface area (Å²) in [6.07, 6.45) is 0.0500. The zero-order chi connectivity index (χ0) is 12.7. The quantitative estimate of drug-likeness (QED) is 0.768. The van der Waals surface area contributed by atoms with Gasteiger partial charge in [0.15, 0.2) is 17.8 Å². The van der Waals surface area contributed by atoms with Crippen molar-refractivity contribution >= 4 is 0 Å². The highest BCUT2D eigenvalue weighted by molar-refractivity contribution is 5.45. The van der Waals surface area contributed by atoms with Crippen molar-refractivity contribution in [3.63, 3.8) is 0 Å². The second-order valence-electron chi connectivity index (χ2n) is 4.94. The molecule has 98 valence electrons. The van der Waals surface area contributed by atoms with Crippen molar-refractivity contribution in [1.82, 2.24) is 0 Å². The summed E-state index contributed by atoms with van der Waals surface area (Å²) in [5, 5.41) is 0. The van der Waals surface area contributed by atoms with Crippen molar-refractivity contribution in [3.05, 3.63) is 23.8 Å². The first-order valence-electron chi connectivity index (χ1n) is 6.35. The van der Waals surface area contributed by atoms with Crippen molar-refractivity contribution < 1.29 is 18.9 Å². The lowest BCUT2D eigenvalue weighted by atomic mass is 9.92. The van der Waals surface area contributed by atoms with E-state index in [1.54, 1.807) is 0 Å². The molecule has 0 N–H and O–H groups in total. The molecule has 3 rings (SSSR count). The lowest BCUT2D eigenvalue weighted by Gasteiger charge is -2.38. The molecule has 0 aromatic heterocycles. The fourth-order valence-electron chi connectivity index (χ4n) is 2.51. The van der Waals surface area contributed by atoms with Gasteiger partial charge >= 0.3 is 0 Å². The average molecular weight is 250 g/mol. The van der Waals surface area contributed by atoms with Gasteiger partial charge in [0.2, 0.25) is 6.79 Å². The molecule has 0 amide bonds. The standard InChI is InChI=1S/C14H18O4/c1-8-9(2)17-10(3)18-14(8)11-4-5-12-13(6-11)16-7-15-12/h4-6,8-10,14H,7H2,1-3H3. The van der Waals surface area contributed by atoms with Gasteiger partial charge in [0.25, 0.3) is 0 Å². The highest BCUT2D eigenvalue weighted by Gasteiger charge is 2.34. The molecule has 4 heteroatoms. The Kier molecular flexibility index (Phi) is 2.92. The smallest absolute Gasteiger partial charge is 0.231 e. The Labute approximate surface area is 107 Å². The minimum absolute atomic E-state index is 0.0400. The van der Waals surface area contributed by atoms with Crippen LogP contribution in [-0.2, 0) is 9.47 Å². The number of ether oxygens (including phenoxy) is 4. The number of fused-ring (bicyclic) bond motifs is 1. The average Bonchev–Trinajstić information content (AvgIpc) is 2.80. The molecule has 0 saturated carbocycles. The third kappa shape index (κ3) is 1.95. The maximum absolute atomic E-state index is 5.90. The Balaban J connectivity index is 1.89. The Hall–Kier alpha value is -1.26. The molecule has 0 spiro atoms. The molecule has 0 radical (unpaired) electrons. The summed E-state index contributed by atoms with van der Waals surface area (Å²) >= 11 is 0. The second kappa shape index (κ2) is 4.44. The van der Waals surface area contributed by atoms with E-state index in [0.717, 1.165) is 17.1 Å². The van der Waals surface area contributed by atoms with Crippen molar-refractivity contribution in [2.24, 2.45) is 5.92 Å².